The van der Waals surface area contributed by atoms with Gasteiger partial charge in [-0.15, -0.1) is 11.3 Å². The number of methoxy groups -OCH3 is 1. The lowest BCUT2D eigenvalue weighted by Crippen LogP contribution is -2.32. The van der Waals surface area contributed by atoms with Crippen molar-refractivity contribution in [2.45, 2.75) is 31.8 Å². The average Bonchev–Trinajstić information content (AvgIpc) is 2.85. The van der Waals surface area contributed by atoms with Gasteiger partial charge in [0.05, 0.1) is 12.7 Å². The van der Waals surface area contributed by atoms with Crippen molar-refractivity contribution in [1.82, 2.24) is 0 Å². The summed E-state index contributed by atoms with van der Waals surface area (Å²) in [4.78, 5) is 1.25. The molecule has 1 aromatic heterocycles. The Hall–Kier alpha value is -1.32. The van der Waals surface area contributed by atoms with E-state index >= 15 is 0 Å². The molecule has 1 atom stereocenters. The molecular weight excluding hydrogens is 256 g/mol. The lowest BCUT2D eigenvalue weighted by molar-refractivity contribution is 0.0226. The van der Waals surface area contributed by atoms with Gasteiger partial charge in [-0.25, -0.2) is 0 Å². The molecule has 3 heteroatoms. The Balaban J connectivity index is 1.96. The van der Waals surface area contributed by atoms with E-state index in [1.54, 1.807) is 18.4 Å². The van der Waals surface area contributed by atoms with Crippen molar-refractivity contribution in [2.24, 2.45) is 0 Å². The molecule has 0 spiro atoms. The van der Waals surface area contributed by atoms with Gasteiger partial charge in [-0.3, -0.25) is 0 Å². The SMILES string of the molecule is COc1ccc2c(c1)CC(O)(c1csc(C)c1)CC2. The van der Waals surface area contributed by atoms with Crippen LogP contribution in [0.3, 0.4) is 0 Å². The van der Waals surface area contributed by atoms with Crippen LogP contribution < -0.4 is 4.74 Å². The predicted octanol–water partition coefficient (Wildman–Crippen LogP) is 3.44. The molecule has 1 heterocycles. The molecule has 1 aliphatic rings. The maximum atomic E-state index is 10.9. The Labute approximate surface area is 117 Å². The Morgan fingerprint density at radius 2 is 2.11 bits per heavy atom. The second-order valence-corrected chi connectivity index (χ2v) is 6.40. The number of rotatable bonds is 2. The van der Waals surface area contributed by atoms with Crippen LogP contribution in [0.25, 0.3) is 0 Å². The summed E-state index contributed by atoms with van der Waals surface area (Å²) < 4.78 is 5.28. The third kappa shape index (κ3) is 2.28. The summed E-state index contributed by atoms with van der Waals surface area (Å²) in [6, 6.07) is 8.28. The smallest absolute Gasteiger partial charge is 0.119 e. The molecule has 0 amide bonds. The van der Waals surface area contributed by atoms with Crippen LogP contribution in [-0.2, 0) is 18.4 Å². The van der Waals surface area contributed by atoms with Crippen molar-refractivity contribution < 1.29 is 9.84 Å². The Morgan fingerprint density at radius 1 is 1.26 bits per heavy atom. The first-order valence-electron chi connectivity index (χ1n) is 6.54. The zero-order valence-electron chi connectivity index (χ0n) is 11.3. The molecule has 1 aromatic carbocycles. The molecule has 3 rings (SSSR count). The molecule has 2 aromatic rings. The average molecular weight is 274 g/mol. The molecule has 1 aliphatic carbocycles. The number of ether oxygens (including phenoxy) is 1. The molecule has 0 radical (unpaired) electrons. The fourth-order valence-corrected chi connectivity index (χ4v) is 3.61. The molecule has 0 saturated heterocycles. The highest BCUT2D eigenvalue weighted by Gasteiger charge is 2.34. The highest BCUT2D eigenvalue weighted by molar-refractivity contribution is 7.10. The standard InChI is InChI=1S/C16H18O2S/c1-11-7-14(10-19-11)16(17)6-5-12-3-4-15(18-2)8-13(12)9-16/h3-4,7-8,10,17H,5-6,9H2,1-2H3. The van der Waals surface area contributed by atoms with Gasteiger partial charge in [0, 0.05) is 11.3 Å². The van der Waals surface area contributed by atoms with E-state index in [0.717, 1.165) is 24.2 Å². The predicted molar refractivity (Wildman–Crippen MR) is 78.0 cm³/mol. The van der Waals surface area contributed by atoms with Crippen LogP contribution in [0, 0.1) is 6.92 Å². The van der Waals surface area contributed by atoms with Gasteiger partial charge in [0.15, 0.2) is 0 Å². The second kappa shape index (κ2) is 4.66. The summed E-state index contributed by atoms with van der Waals surface area (Å²) in [6.07, 6.45) is 2.39. The minimum atomic E-state index is -0.718. The van der Waals surface area contributed by atoms with Gasteiger partial charge < -0.3 is 9.84 Å². The third-order valence-corrected chi connectivity index (χ3v) is 4.83. The van der Waals surface area contributed by atoms with Gasteiger partial charge in [0.2, 0.25) is 0 Å². The molecule has 0 saturated carbocycles. The van der Waals surface area contributed by atoms with Gasteiger partial charge in [0.1, 0.15) is 5.75 Å². The summed E-state index contributed by atoms with van der Waals surface area (Å²) in [7, 11) is 1.68. The van der Waals surface area contributed by atoms with Gasteiger partial charge >= 0.3 is 0 Å². The van der Waals surface area contributed by atoms with E-state index in [9.17, 15) is 5.11 Å². The fourth-order valence-electron chi connectivity index (χ4n) is 2.82. The third-order valence-electron chi connectivity index (χ3n) is 3.97. The molecule has 0 bridgehead atoms. The van der Waals surface area contributed by atoms with Crippen molar-refractivity contribution >= 4 is 11.3 Å². The van der Waals surface area contributed by atoms with E-state index in [2.05, 4.69) is 30.5 Å². The van der Waals surface area contributed by atoms with Crippen LogP contribution in [0.15, 0.2) is 29.6 Å². The van der Waals surface area contributed by atoms with E-state index in [4.69, 9.17) is 4.74 Å². The van der Waals surface area contributed by atoms with Crippen LogP contribution in [0.5, 0.6) is 5.75 Å². The van der Waals surface area contributed by atoms with Gasteiger partial charge in [-0.1, -0.05) is 6.07 Å². The maximum absolute atomic E-state index is 10.9. The van der Waals surface area contributed by atoms with Gasteiger partial charge in [-0.05, 0) is 60.0 Å². The topological polar surface area (TPSA) is 29.5 Å². The van der Waals surface area contributed by atoms with Crippen LogP contribution in [0.4, 0.5) is 0 Å². The van der Waals surface area contributed by atoms with Crippen LogP contribution in [0.1, 0.15) is 28.0 Å². The van der Waals surface area contributed by atoms with Crippen LogP contribution >= 0.6 is 11.3 Å². The molecule has 1 unspecified atom stereocenters. The zero-order valence-corrected chi connectivity index (χ0v) is 12.1. The Morgan fingerprint density at radius 3 is 2.79 bits per heavy atom. The highest BCUT2D eigenvalue weighted by atomic mass is 32.1. The van der Waals surface area contributed by atoms with Crippen molar-refractivity contribution in [3.05, 3.63) is 51.2 Å². The van der Waals surface area contributed by atoms with Crippen molar-refractivity contribution in [1.29, 1.82) is 0 Å². The molecule has 0 fully saturated rings. The largest absolute Gasteiger partial charge is 0.497 e. The van der Waals surface area contributed by atoms with Crippen LogP contribution in [0.2, 0.25) is 0 Å². The zero-order chi connectivity index (χ0) is 13.5. The first-order chi connectivity index (χ1) is 9.10. The van der Waals surface area contributed by atoms with E-state index in [-0.39, 0.29) is 0 Å². The molecule has 19 heavy (non-hydrogen) atoms. The Bertz CT molecular complexity index is 603. The normalized spacial score (nSPS) is 22.1. The van der Waals surface area contributed by atoms with Crippen molar-refractivity contribution in [3.8, 4) is 5.75 Å². The summed E-state index contributed by atoms with van der Waals surface area (Å²) >= 11 is 1.70. The van der Waals surface area contributed by atoms with Crippen LogP contribution in [-0.4, -0.2) is 12.2 Å². The second-order valence-electron chi connectivity index (χ2n) is 5.29. The van der Waals surface area contributed by atoms with E-state index in [0.29, 0.717) is 6.42 Å². The molecule has 0 aliphatic heterocycles. The molecule has 100 valence electrons. The van der Waals surface area contributed by atoms with Crippen molar-refractivity contribution in [2.75, 3.05) is 7.11 Å². The van der Waals surface area contributed by atoms with Gasteiger partial charge in [-0.2, -0.15) is 0 Å². The fraction of sp³-hybridized carbons (Fsp3) is 0.375. The summed E-state index contributed by atoms with van der Waals surface area (Å²) in [5.41, 5.74) is 2.88. The minimum Gasteiger partial charge on any atom is -0.497 e. The molecule has 1 N–H and O–H groups in total. The lowest BCUT2D eigenvalue weighted by Gasteiger charge is -2.33. The van der Waals surface area contributed by atoms with Gasteiger partial charge in [0.25, 0.3) is 0 Å². The summed E-state index contributed by atoms with van der Waals surface area (Å²) in [6.45, 7) is 2.08. The minimum absolute atomic E-state index is 0.676. The number of aliphatic hydroxyl groups is 1. The Kier molecular flexibility index (Phi) is 3.11. The number of thiophene rings is 1. The summed E-state index contributed by atoms with van der Waals surface area (Å²) in [5, 5.41) is 13.0. The van der Waals surface area contributed by atoms with E-state index < -0.39 is 5.60 Å². The molecular formula is C16H18O2S. The number of hydrogen-bond acceptors (Lipinski definition) is 3. The first kappa shape index (κ1) is 12.7. The maximum Gasteiger partial charge on any atom is 0.119 e. The highest BCUT2D eigenvalue weighted by Crippen LogP contribution is 2.39. The number of aryl methyl sites for hydroxylation is 2. The van der Waals surface area contributed by atoms with E-state index in [1.165, 1.54) is 16.0 Å². The number of hydrogen-bond donors (Lipinski definition) is 1. The molecule has 2 nitrogen and oxygen atoms in total. The quantitative estimate of drug-likeness (QED) is 0.909. The number of benzene rings is 1. The first-order valence-corrected chi connectivity index (χ1v) is 7.42. The van der Waals surface area contributed by atoms with Crippen molar-refractivity contribution in [3.63, 3.8) is 0 Å². The monoisotopic (exact) mass is 274 g/mol. The summed E-state index contributed by atoms with van der Waals surface area (Å²) in [5.74, 6) is 0.865. The number of fused-ring (bicyclic) bond motifs is 1. The van der Waals surface area contributed by atoms with E-state index in [1.807, 2.05) is 6.07 Å². The lowest BCUT2D eigenvalue weighted by atomic mass is 9.77.